The highest BCUT2D eigenvalue weighted by Gasteiger charge is 2.32. The van der Waals surface area contributed by atoms with Crippen LogP contribution in [0.15, 0.2) is 0 Å². The van der Waals surface area contributed by atoms with Crippen LogP contribution in [0.2, 0.25) is 0 Å². The monoisotopic (exact) mass is 270 g/mol. The third-order valence-electron chi connectivity index (χ3n) is 4.54. The lowest BCUT2D eigenvalue weighted by molar-refractivity contribution is -0.131. The highest BCUT2D eigenvalue weighted by Crippen LogP contribution is 2.24. The van der Waals surface area contributed by atoms with Gasteiger partial charge in [0.1, 0.15) is 0 Å². The van der Waals surface area contributed by atoms with Gasteiger partial charge in [0.05, 0.1) is 5.41 Å². The summed E-state index contributed by atoms with van der Waals surface area (Å²) in [5.74, 6) is 0.120. The molecule has 0 bridgehead atoms. The summed E-state index contributed by atoms with van der Waals surface area (Å²) in [5, 5.41) is 3.06. The van der Waals surface area contributed by atoms with Crippen molar-refractivity contribution in [2.75, 3.05) is 52.9 Å². The summed E-state index contributed by atoms with van der Waals surface area (Å²) in [7, 11) is 2.15. The number of nitrogens with two attached hydrogens (primary N) is 1. The molecule has 1 heterocycles. The van der Waals surface area contributed by atoms with E-state index in [1.165, 1.54) is 0 Å². The van der Waals surface area contributed by atoms with Crippen LogP contribution >= 0.6 is 0 Å². The summed E-state index contributed by atoms with van der Waals surface area (Å²) in [6.07, 6.45) is 1.61. The smallest absolute Gasteiger partial charge is 0.227 e. The molecule has 0 saturated carbocycles. The van der Waals surface area contributed by atoms with Gasteiger partial charge in [0.2, 0.25) is 5.91 Å². The number of carbonyl (C=O) groups excluding carboxylic acids is 1. The second-order valence-electron chi connectivity index (χ2n) is 5.59. The van der Waals surface area contributed by atoms with Crippen LogP contribution in [0.5, 0.6) is 0 Å². The van der Waals surface area contributed by atoms with Crippen molar-refractivity contribution >= 4 is 5.91 Å². The Morgan fingerprint density at radius 3 is 2.26 bits per heavy atom. The Kier molecular flexibility index (Phi) is 6.75. The van der Waals surface area contributed by atoms with Gasteiger partial charge in [-0.2, -0.15) is 0 Å². The second-order valence-corrected chi connectivity index (χ2v) is 5.59. The number of hydrogen-bond donors (Lipinski definition) is 2. The van der Waals surface area contributed by atoms with E-state index < -0.39 is 0 Å². The fraction of sp³-hybridized carbons (Fsp3) is 0.929. The SMILES string of the molecule is CCC(CC)(CN)C(=O)NCCN1CCN(C)CC1. The first-order chi connectivity index (χ1) is 9.07. The highest BCUT2D eigenvalue weighted by molar-refractivity contribution is 5.82. The molecule has 0 aromatic heterocycles. The molecule has 19 heavy (non-hydrogen) atoms. The molecule has 0 atom stereocenters. The molecule has 1 aliphatic rings. The minimum absolute atomic E-state index is 0.120. The first-order valence-electron chi connectivity index (χ1n) is 7.47. The minimum Gasteiger partial charge on any atom is -0.354 e. The number of amides is 1. The van der Waals surface area contributed by atoms with Crippen LogP contribution in [-0.4, -0.2) is 68.6 Å². The molecule has 1 rings (SSSR count). The van der Waals surface area contributed by atoms with Crippen molar-refractivity contribution in [2.24, 2.45) is 11.1 Å². The second kappa shape index (κ2) is 7.82. The first-order valence-corrected chi connectivity index (χ1v) is 7.47. The van der Waals surface area contributed by atoms with Crippen molar-refractivity contribution in [3.8, 4) is 0 Å². The molecule has 0 aromatic carbocycles. The molecule has 1 aliphatic heterocycles. The number of likely N-dealkylation sites (N-methyl/N-ethyl adjacent to an activating group) is 1. The minimum atomic E-state index is -0.373. The zero-order valence-electron chi connectivity index (χ0n) is 12.7. The molecular weight excluding hydrogens is 240 g/mol. The zero-order valence-corrected chi connectivity index (χ0v) is 12.7. The van der Waals surface area contributed by atoms with E-state index >= 15 is 0 Å². The maximum Gasteiger partial charge on any atom is 0.227 e. The fourth-order valence-electron chi connectivity index (χ4n) is 2.54. The van der Waals surface area contributed by atoms with E-state index in [1.54, 1.807) is 0 Å². The molecule has 0 radical (unpaired) electrons. The predicted molar refractivity (Wildman–Crippen MR) is 79.0 cm³/mol. The van der Waals surface area contributed by atoms with Crippen LogP contribution < -0.4 is 11.1 Å². The van der Waals surface area contributed by atoms with E-state index in [0.717, 1.165) is 52.1 Å². The van der Waals surface area contributed by atoms with Crippen molar-refractivity contribution in [2.45, 2.75) is 26.7 Å². The lowest BCUT2D eigenvalue weighted by atomic mass is 9.81. The van der Waals surface area contributed by atoms with E-state index in [1.807, 2.05) is 13.8 Å². The third kappa shape index (κ3) is 4.44. The molecule has 5 heteroatoms. The molecule has 1 fully saturated rings. The maximum absolute atomic E-state index is 12.2. The fourth-order valence-corrected chi connectivity index (χ4v) is 2.54. The molecular formula is C14H30N4O. The highest BCUT2D eigenvalue weighted by atomic mass is 16.2. The summed E-state index contributed by atoms with van der Waals surface area (Å²) < 4.78 is 0. The van der Waals surface area contributed by atoms with E-state index in [0.29, 0.717) is 6.54 Å². The Hall–Kier alpha value is -0.650. The Labute approximate surface area is 117 Å². The molecule has 0 aliphatic carbocycles. The predicted octanol–water partition coefficient (Wildman–Crippen LogP) is 0.115. The van der Waals surface area contributed by atoms with Crippen molar-refractivity contribution in [3.05, 3.63) is 0 Å². The van der Waals surface area contributed by atoms with Gasteiger partial charge < -0.3 is 16.0 Å². The van der Waals surface area contributed by atoms with E-state index in [9.17, 15) is 4.79 Å². The molecule has 0 aromatic rings. The molecule has 1 amide bonds. The Bertz CT molecular complexity index is 262. The zero-order chi connectivity index (χ0) is 14.3. The van der Waals surface area contributed by atoms with Crippen molar-refractivity contribution in [1.82, 2.24) is 15.1 Å². The molecule has 5 nitrogen and oxygen atoms in total. The number of piperazine rings is 1. The number of carbonyl (C=O) groups is 1. The molecule has 1 saturated heterocycles. The number of nitrogens with zero attached hydrogens (tertiary/aromatic N) is 2. The number of nitrogens with one attached hydrogen (secondary N) is 1. The normalized spacial score (nSPS) is 18.5. The Morgan fingerprint density at radius 2 is 1.79 bits per heavy atom. The molecule has 0 spiro atoms. The van der Waals surface area contributed by atoms with Gasteiger partial charge in [-0.25, -0.2) is 0 Å². The van der Waals surface area contributed by atoms with Gasteiger partial charge in [0, 0.05) is 45.8 Å². The molecule has 112 valence electrons. The first kappa shape index (κ1) is 16.4. The van der Waals surface area contributed by atoms with Crippen LogP contribution in [-0.2, 0) is 4.79 Å². The summed E-state index contributed by atoms with van der Waals surface area (Å²) in [4.78, 5) is 17.0. The summed E-state index contributed by atoms with van der Waals surface area (Å²) in [6, 6.07) is 0. The standard InChI is InChI=1S/C14H30N4O/c1-4-14(5-2,12-15)13(19)16-6-7-18-10-8-17(3)9-11-18/h4-12,15H2,1-3H3,(H,16,19). The van der Waals surface area contributed by atoms with Crippen molar-refractivity contribution in [1.29, 1.82) is 0 Å². The molecule has 3 N–H and O–H groups in total. The summed E-state index contributed by atoms with van der Waals surface area (Å²) in [6.45, 7) is 10.6. The Morgan fingerprint density at radius 1 is 1.21 bits per heavy atom. The summed E-state index contributed by atoms with van der Waals surface area (Å²) in [5.41, 5.74) is 5.41. The van der Waals surface area contributed by atoms with Crippen molar-refractivity contribution < 1.29 is 4.79 Å². The van der Waals surface area contributed by atoms with E-state index in [2.05, 4.69) is 22.2 Å². The summed E-state index contributed by atoms with van der Waals surface area (Å²) >= 11 is 0. The van der Waals surface area contributed by atoms with Crippen LogP contribution in [0.25, 0.3) is 0 Å². The van der Waals surface area contributed by atoms with Crippen LogP contribution in [0.1, 0.15) is 26.7 Å². The maximum atomic E-state index is 12.2. The quantitative estimate of drug-likeness (QED) is 0.689. The lowest BCUT2D eigenvalue weighted by Gasteiger charge is -2.33. The van der Waals surface area contributed by atoms with Gasteiger partial charge >= 0.3 is 0 Å². The number of hydrogen-bond acceptors (Lipinski definition) is 4. The van der Waals surface area contributed by atoms with E-state index in [-0.39, 0.29) is 11.3 Å². The van der Waals surface area contributed by atoms with Crippen molar-refractivity contribution in [3.63, 3.8) is 0 Å². The van der Waals surface area contributed by atoms with Crippen LogP contribution in [0, 0.1) is 5.41 Å². The molecule has 0 unspecified atom stereocenters. The largest absolute Gasteiger partial charge is 0.354 e. The third-order valence-corrected chi connectivity index (χ3v) is 4.54. The van der Waals surface area contributed by atoms with E-state index in [4.69, 9.17) is 5.73 Å². The van der Waals surface area contributed by atoms with Gasteiger partial charge in [-0.1, -0.05) is 13.8 Å². The van der Waals surface area contributed by atoms with Gasteiger partial charge in [-0.05, 0) is 19.9 Å². The van der Waals surface area contributed by atoms with Crippen LogP contribution in [0.3, 0.4) is 0 Å². The lowest BCUT2D eigenvalue weighted by Crippen LogP contribution is -2.49. The average Bonchev–Trinajstić information content (AvgIpc) is 2.44. The number of rotatable bonds is 7. The van der Waals surface area contributed by atoms with Crippen LogP contribution in [0.4, 0.5) is 0 Å². The average molecular weight is 270 g/mol. The van der Waals surface area contributed by atoms with Gasteiger partial charge in [0.15, 0.2) is 0 Å². The van der Waals surface area contributed by atoms with Gasteiger partial charge in [-0.15, -0.1) is 0 Å². The van der Waals surface area contributed by atoms with Gasteiger partial charge in [-0.3, -0.25) is 9.69 Å². The topological polar surface area (TPSA) is 61.6 Å². The Balaban J connectivity index is 2.30. The van der Waals surface area contributed by atoms with Gasteiger partial charge in [0.25, 0.3) is 0 Å².